The fourth-order valence-electron chi connectivity index (χ4n) is 4.64. The Hall–Kier alpha value is -3.87. The van der Waals surface area contributed by atoms with E-state index in [4.69, 9.17) is 15.9 Å². The molecule has 0 saturated carbocycles. The molecule has 0 radical (unpaired) electrons. The van der Waals surface area contributed by atoms with Crippen molar-refractivity contribution in [1.29, 1.82) is 0 Å². The Kier molecular flexibility index (Phi) is 6.78. The van der Waals surface area contributed by atoms with E-state index in [-0.39, 0.29) is 24.2 Å². The predicted octanol–water partition coefficient (Wildman–Crippen LogP) is 3.73. The molecule has 10 heteroatoms. The molecule has 4 heterocycles. The van der Waals surface area contributed by atoms with E-state index < -0.39 is 11.6 Å². The van der Waals surface area contributed by atoms with Crippen molar-refractivity contribution in [2.45, 2.75) is 70.2 Å². The molecular formula is C25H30N6O4. The lowest BCUT2D eigenvalue weighted by atomic mass is 9.97. The molecule has 2 aliphatic rings. The normalized spacial score (nSPS) is 21.1. The third kappa shape index (κ3) is 5.62. The first-order chi connectivity index (χ1) is 16.7. The number of carbonyl (C=O) groups is 2. The van der Waals surface area contributed by atoms with Crippen molar-refractivity contribution in [3.8, 4) is 12.3 Å². The molecule has 2 aromatic heterocycles. The Morgan fingerprint density at radius 3 is 2.34 bits per heavy atom. The first kappa shape index (κ1) is 24.3. The summed E-state index contributed by atoms with van der Waals surface area (Å²) < 4.78 is 10.6. The zero-order chi connectivity index (χ0) is 25.2. The summed E-state index contributed by atoms with van der Waals surface area (Å²) in [7, 11) is 1.33. The number of rotatable bonds is 5. The van der Waals surface area contributed by atoms with Crippen LogP contribution < -0.4 is 10.6 Å². The molecule has 2 fully saturated rings. The minimum atomic E-state index is -0.535. The summed E-state index contributed by atoms with van der Waals surface area (Å²) in [6.07, 6.45) is 12.9. The molecular weight excluding hydrogens is 448 g/mol. The minimum Gasteiger partial charge on any atom is -0.465 e. The number of terminal acetylenes is 1. The van der Waals surface area contributed by atoms with Gasteiger partial charge in [-0.05, 0) is 52.4 Å². The van der Waals surface area contributed by atoms with Gasteiger partial charge in [0, 0.05) is 30.4 Å². The second-order valence-corrected chi connectivity index (χ2v) is 9.75. The second-order valence-electron chi connectivity index (χ2n) is 9.75. The van der Waals surface area contributed by atoms with E-state index in [9.17, 15) is 9.59 Å². The summed E-state index contributed by atoms with van der Waals surface area (Å²) in [5, 5.41) is 6.57. The maximum Gasteiger partial charge on any atom is 0.410 e. The van der Waals surface area contributed by atoms with Crippen molar-refractivity contribution in [2.75, 3.05) is 17.7 Å². The number of hydrogen-bond donors (Lipinski definition) is 2. The number of pyridine rings is 1. The van der Waals surface area contributed by atoms with Gasteiger partial charge in [0.15, 0.2) is 0 Å². The van der Waals surface area contributed by atoms with Gasteiger partial charge in [-0.25, -0.2) is 24.5 Å². The van der Waals surface area contributed by atoms with Crippen LogP contribution in [0.2, 0.25) is 0 Å². The molecule has 2 aromatic rings. The van der Waals surface area contributed by atoms with E-state index >= 15 is 0 Å². The lowest BCUT2D eigenvalue weighted by Gasteiger charge is -2.40. The van der Waals surface area contributed by atoms with Crippen LogP contribution in [0.1, 0.15) is 62.5 Å². The average molecular weight is 479 g/mol. The fraction of sp³-hybridized carbons (Fsp3) is 0.480. The van der Waals surface area contributed by atoms with Crippen LogP contribution in [0, 0.1) is 12.3 Å². The highest BCUT2D eigenvalue weighted by molar-refractivity contribution is 5.96. The molecule has 35 heavy (non-hydrogen) atoms. The number of hydrogen-bond acceptors (Lipinski definition) is 9. The number of amides is 1. The molecule has 1 unspecified atom stereocenters. The van der Waals surface area contributed by atoms with Gasteiger partial charge in [0.2, 0.25) is 0 Å². The lowest BCUT2D eigenvalue weighted by molar-refractivity contribution is 0.00683. The van der Waals surface area contributed by atoms with Gasteiger partial charge < -0.3 is 25.0 Å². The highest BCUT2D eigenvalue weighted by Crippen LogP contribution is 2.38. The van der Waals surface area contributed by atoms with Crippen LogP contribution in [0.5, 0.6) is 0 Å². The van der Waals surface area contributed by atoms with Gasteiger partial charge in [0.05, 0.1) is 25.2 Å². The maximum absolute atomic E-state index is 12.8. The van der Waals surface area contributed by atoms with Gasteiger partial charge >= 0.3 is 12.1 Å². The van der Waals surface area contributed by atoms with Gasteiger partial charge in [-0.1, -0.05) is 0 Å². The number of piperidine rings is 1. The molecule has 2 saturated heterocycles. The lowest BCUT2D eigenvalue weighted by Crippen LogP contribution is -2.51. The van der Waals surface area contributed by atoms with E-state index in [1.807, 2.05) is 25.7 Å². The van der Waals surface area contributed by atoms with Crippen LogP contribution in [-0.4, -0.2) is 62.8 Å². The summed E-state index contributed by atoms with van der Waals surface area (Å²) in [4.78, 5) is 39.7. The summed E-state index contributed by atoms with van der Waals surface area (Å²) >= 11 is 0. The van der Waals surface area contributed by atoms with Crippen LogP contribution in [-0.2, 0) is 9.47 Å². The third-order valence-electron chi connectivity index (χ3n) is 6.06. The van der Waals surface area contributed by atoms with Crippen molar-refractivity contribution in [3.05, 3.63) is 35.9 Å². The molecule has 0 aliphatic carbocycles. The molecule has 2 bridgehead atoms. The number of aromatic nitrogens is 3. The van der Waals surface area contributed by atoms with E-state index in [1.54, 1.807) is 6.07 Å². The number of ether oxygens (including phenoxy) is 2. The van der Waals surface area contributed by atoms with Gasteiger partial charge in [-0.15, -0.1) is 6.42 Å². The van der Waals surface area contributed by atoms with Crippen LogP contribution in [0.15, 0.2) is 24.7 Å². The number of carbonyl (C=O) groups excluding carboxylic acids is 2. The van der Waals surface area contributed by atoms with Gasteiger partial charge in [0.25, 0.3) is 0 Å². The summed E-state index contributed by atoms with van der Waals surface area (Å²) in [5.41, 5.74) is 0.818. The van der Waals surface area contributed by atoms with Crippen molar-refractivity contribution in [3.63, 3.8) is 0 Å². The van der Waals surface area contributed by atoms with Crippen molar-refractivity contribution in [1.82, 2.24) is 19.9 Å². The largest absolute Gasteiger partial charge is 0.465 e. The number of methoxy groups -OCH3 is 1. The third-order valence-corrected chi connectivity index (χ3v) is 6.06. The quantitative estimate of drug-likeness (QED) is 0.489. The molecule has 0 spiro atoms. The number of fused-ring (bicyclic) bond motifs is 2. The summed E-state index contributed by atoms with van der Waals surface area (Å²) in [6.45, 7) is 5.62. The summed E-state index contributed by atoms with van der Waals surface area (Å²) in [5.74, 6) is 2.89. The van der Waals surface area contributed by atoms with Crippen LogP contribution in [0.4, 0.5) is 22.1 Å². The Labute approximate surface area is 204 Å². The monoisotopic (exact) mass is 478 g/mol. The van der Waals surface area contributed by atoms with E-state index in [0.717, 1.165) is 25.7 Å². The molecule has 2 aliphatic heterocycles. The van der Waals surface area contributed by atoms with Crippen molar-refractivity contribution >= 4 is 29.4 Å². The van der Waals surface area contributed by atoms with Crippen molar-refractivity contribution in [2.24, 2.45) is 0 Å². The molecule has 184 valence electrons. The van der Waals surface area contributed by atoms with E-state index in [2.05, 4.69) is 31.5 Å². The number of nitrogens with zero attached hydrogens (tertiary/aromatic N) is 4. The van der Waals surface area contributed by atoms with Gasteiger partial charge in [-0.3, -0.25) is 0 Å². The van der Waals surface area contributed by atoms with Crippen LogP contribution >= 0.6 is 0 Å². The standard InChI is InChI=1S/C25H30N6O4/c1-6-15-12-27-22(14-26-15)30-21-11-20(19(13-28-21)23(32)34-5)29-16-9-17-7-8-18(10-16)31(17)24(33)35-25(2,3)4/h1,11-14,16-18H,7-10H2,2-5H3,(H2,27,28,29,30)/t16?,17-,18+. The molecule has 2 N–H and O–H groups in total. The highest BCUT2D eigenvalue weighted by Gasteiger charge is 2.45. The number of anilines is 3. The Morgan fingerprint density at radius 1 is 1.09 bits per heavy atom. The SMILES string of the molecule is C#Cc1cnc(Nc2cc(NC3C[C@H]4CC[C@@H](C3)N4C(=O)OC(C)(C)C)c(C(=O)OC)cn2)cn1. The Bertz CT molecular complexity index is 1120. The Balaban J connectivity index is 1.51. The molecule has 3 atom stereocenters. The predicted molar refractivity (Wildman–Crippen MR) is 130 cm³/mol. The number of nitrogens with one attached hydrogen (secondary N) is 2. The molecule has 10 nitrogen and oxygen atoms in total. The second kappa shape index (κ2) is 9.78. The van der Waals surface area contributed by atoms with E-state index in [0.29, 0.717) is 28.6 Å². The number of esters is 1. The molecule has 4 rings (SSSR count). The van der Waals surface area contributed by atoms with Crippen molar-refractivity contribution < 1.29 is 19.1 Å². The zero-order valence-electron chi connectivity index (χ0n) is 20.4. The first-order valence-electron chi connectivity index (χ1n) is 11.6. The Morgan fingerprint density at radius 2 is 1.77 bits per heavy atom. The maximum atomic E-state index is 12.8. The van der Waals surface area contributed by atoms with Gasteiger partial charge in [0.1, 0.15) is 28.5 Å². The van der Waals surface area contributed by atoms with Gasteiger partial charge in [-0.2, -0.15) is 0 Å². The smallest absolute Gasteiger partial charge is 0.410 e. The molecule has 1 amide bonds. The van der Waals surface area contributed by atoms with E-state index in [1.165, 1.54) is 25.7 Å². The first-order valence-corrected chi connectivity index (χ1v) is 11.6. The topological polar surface area (TPSA) is 119 Å². The minimum absolute atomic E-state index is 0.0690. The molecule has 0 aromatic carbocycles. The average Bonchev–Trinajstić information content (AvgIpc) is 3.09. The highest BCUT2D eigenvalue weighted by atomic mass is 16.6. The van der Waals surface area contributed by atoms with Crippen LogP contribution in [0.3, 0.4) is 0 Å². The zero-order valence-corrected chi connectivity index (χ0v) is 20.4. The van der Waals surface area contributed by atoms with Crippen LogP contribution in [0.25, 0.3) is 0 Å². The summed E-state index contributed by atoms with van der Waals surface area (Å²) in [6, 6.07) is 1.99. The fourth-order valence-corrected chi connectivity index (χ4v) is 4.64.